The number of anilines is 1. The van der Waals surface area contributed by atoms with Gasteiger partial charge in [0.05, 0.1) is 24.4 Å². The maximum atomic E-state index is 13.1. The standard InChI is InChI=1S/C20H30N5O8P/c1-13(2)18(26)29-10-32-34(28,33-11-30-19(27)20(4,5)6)12-31-14(3)7-25-9-24-15-16(21)22-8-23-17(15)25/h8-9,14H,1,7,10-12H2,2-6H3,(H2,21,22,23)/t14-,34?/m1/s1. The van der Waals surface area contributed by atoms with Crippen LogP contribution in [0.3, 0.4) is 0 Å². The zero-order valence-electron chi connectivity index (χ0n) is 19.8. The maximum Gasteiger partial charge on any atom is 0.361 e. The third-order valence-electron chi connectivity index (χ3n) is 4.24. The van der Waals surface area contributed by atoms with E-state index in [4.69, 9.17) is 29.0 Å². The van der Waals surface area contributed by atoms with E-state index in [2.05, 4.69) is 21.5 Å². The fraction of sp³-hybridized carbons (Fsp3) is 0.550. The highest BCUT2D eigenvalue weighted by Crippen LogP contribution is 2.48. The van der Waals surface area contributed by atoms with Crippen LogP contribution in [0.1, 0.15) is 34.6 Å². The van der Waals surface area contributed by atoms with Gasteiger partial charge in [0.15, 0.2) is 11.5 Å². The number of carbonyl (C=O) groups is 2. The second kappa shape index (κ2) is 11.5. The summed E-state index contributed by atoms with van der Waals surface area (Å²) < 4.78 is 40.7. The summed E-state index contributed by atoms with van der Waals surface area (Å²) in [6, 6.07) is 0. The number of nitrogens with zero attached hydrogens (tertiary/aromatic N) is 4. The van der Waals surface area contributed by atoms with Crippen LogP contribution in [-0.2, 0) is 44.0 Å². The third-order valence-corrected chi connectivity index (χ3v) is 5.70. The van der Waals surface area contributed by atoms with Gasteiger partial charge in [0.25, 0.3) is 0 Å². The van der Waals surface area contributed by atoms with Gasteiger partial charge >= 0.3 is 19.5 Å². The average molecular weight is 499 g/mol. The van der Waals surface area contributed by atoms with E-state index in [-0.39, 0.29) is 17.9 Å². The van der Waals surface area contributed by atoms with E-state index in [9.17, 15) is 14.2 Å². The van der Waals surface area contributed by atoms with Crippen LogP contribution in [0.5, 0.6) is 0 Å². The van der Waals surface area contributed by atoms with E-state index in [1.54, 1.807) is 32.3 Å². The molecule has 0 aliphatic heterocycles. The lowest BCUT2D eigenvalue weighted by molar-refractivity contribution is -0.160. The molecule has 14 heteroatoms. The van der Waals surface area contributed by atoms with Crippen LogP contribution in [0.15, 0.2) is 24.8 Å². The molecule has 0 aromatic carbocycles. The molecular weight excluding hydrogens is 469 g/mol. The normalized spacial score (nSPS) is 14.4. The van der Waals surface area contributed by atoms with Crippen molar-refractivity contribution in [2.24, 2.45) is 5.41 Å². The summed E-state index contributed by atoms with van der Waals surface area (Å²) in [7, 11) is -3.99. The highest BCUT2D eigenvalue weighted by molar-refractivity contribution is 7.53. The molecule has 0 radical (unpaired) electrons. The summed E-state index contributed by atoms with van der Waals surface area (Å²) in [5.41, 5.74) is 6.11. The van der Waals surface area contributed by atoms with E-state index in [1.807, 2.05) is 0 Å². The van der Waals surface area contributed by atoms with Gasteiger partial charge in [-0.2, -0.15) is 0 Å². The number of hydrogen-bond acceptors (Lipinski definition) is 12. The lowest BCUT2D eigenvalue weighted by atomic mass is 9.98. The van der Waals surface area contributed by atoms with Gasteiger partial charge in [-0.1, -0.05) is 6.58 Å². The monoisotopic (exact) mass is 499 g/mol. The Bertz CT molecular complexity index is 1080. The smallest absolute Gasteiger partial charge is 0.361 e. The van der Waals surface area contributed by atoms with Gasteiger partial charge in [0.1, 0.15) is 18.2 Å². The molecule has 34 heavy (non-hydrogen) atoms. The minimum absolute atomic E-state index is 0.139. The van der Waals surface area contributed by atoms with Gasteiger partial charge < -0.3 is 24.5 Å². The van der Waals surface area contributed by atoms with Gasteiger partial charge in [-0.25, -0.2) is 19.7 Å². The van der Waals surface area contributed by atoms with Crippen molar-refractivity contribution in [3.05, 3.63) is 24.8 Å². The number of rotatable bonds is 12. The van der Waals surface area contributed by atoms with Crippen LogP contribution in [0.25, 0.3) is 11.2 Å². The van der Waals surface area contributed by atoms with Gasteiger partial charge in [-0.15, -0.1) is 0 Å². The Morgan fingerprint density at radius 3 is 2.44 bits per heavy atom. The Labute approximate surface area is 197 Å². The molecule has 2 aromatic rings. The molecule has 0 aliphatic rings. The summed E-state index contributed by atoms with van der Waals surface area (Å²) in [5.74, 6) is -1.04. The number of esters is 2. The van der Waals surface area contributed by atoms with E-state index in [1.165, 1.54) is 19.6 Å². The molecule has 0 bridgehead atoms. The van der Waals surface area contributed by atoms with Gasteiger partial charge in [-0.05, 0) is 34.6 Å². The summed E-state index contributed by atoms with van der Waals surface area (Å²) in [6.45, 7) is 10.6. The van der Waals surface area contributed by atoms with Crippen molar-refractivity contribution in [2.75, 3.05) is 25.7 Å². The number of nitrogen functional groups attached to an aromatic ring is 1. The van der Waals surface area contributed by atoms with Crippen molar-refractivity contribution < 1.29 is 37.4 Å². The minimum Gasteiger partial charge on any atom is -0.438 e. The Balaban J connectivity index is 2.00. The molecule has 0 aliphatic carbocycles. The molecule has 2 aromatic heterocycles. The molecule has 0 saturated heterocycles. The number of carbonyl (C=O) groups excluding carboxylic acids is 2. The molecule has 2 atom stereocenters. The van der Waals surface area contributed by atoms with Crippen molar-refractivity contribution in [3.8, 4) is 0 Å². The van der Waals surface area contributed by atoms with Gasteiger partial charge in [-0.3, -0.25) is 18.4 Å². The highest BCUT2D eigenvalue weighted by Gasteiger charge is 2.30. The van der Waals surface area contributed by atoms with Crippen LogP contribution < -0.4 is 5.73 Å². The first-order chi connectivity index (χ1) is 15.8. The Morgan fingerprint density at radius 2 is 1.82 bits per heavy atom. The summed E-state index contributed by atoms with van der Waals surface area (Å²) in [4.78, 5) is 35.7. The summed E-state index contributed by atoms with van der Waals surface area (Å²) >= 11 is 0. The molecule has 0 fully saturated rings. The minimum atomic E-state index is -3.99. The molecular formula is C20H30N5O8P. The van der Waals surface area contributed by atoms with E-state index >= 15 is 0 Å². The topological polar surface area (TPSA) is 167 Å². The first-order valence-electron chi connectivity index (χ1n) is 10.2. The Morgan fingerprint density at radius 1 is 1.18 bits per heavy atom. The lowest BCUT2D eigenvalue weighted by Gasteiger charge is -2.22. The van der Waals surface area contributed by atoms with Crippen molar-refractivity contribution >= 4 is 36.5 Å². The summed E-state index contributed by atoms with van der Waals surface area (Å²) in [6.07, 6.45) is 1.85. The molecule has 0 amide bonds. The number of fused-ring (bicyclic) bond motifs is 1. The fourth-order valence-electron chi connectivity index (χ4n) is 2.35. The predicted molar refractivity (Wildman–Crippen MR) is 121 cm³/mol. The van der Waals surface area contributed by atoms with Crippen molar-refractivity contribution in [3.63, 3.8) is 0 Å². The number of hydrogen-bond donors (Lipinski definition) is 1. The summed E-state index contributed by atoms with van der Waals surface area (Å²) in [5, 5.41) is 0. The quantitative estimate of drug-likeness (QED) is 0.196. The first-order valence-corrected chi connectivity index (χ1v) is 12.0. The van der Waals surface area contributed by atoms with Crippen LogP contribution in [-0.4, -0.2) is 57.5 Å². The van der Waals surface area contributed by atoms with E-state index in [0.717, 1.165) is 0 Å². The second-order valence-electron chi connectivity index (χ2n) is 8.43. The molecule has 13 nitrogen and oxygen atoms in total. The van der Waals surface area contributed by atoms with E-state index in [0.29, 0.717) is 11.2 Å². The molecule has 0 spiro atoms. The molecule has 1 unspecified atom stereocenters. The van der Waals surface area contributed by atoms with Crippen molar-refractivity contribution in [1.82, 2.24) is 19.5 Å². The fourth-order valence-corrected chi connectivity index (χ4v) is 3.44. The van der Waals surface area contributed by atoms with Crippen LogP contribution in [0.4, 0.5) is 5.82 Å². The SMILES string of the molecule is C=C(C)C(=O)OCOP(=O)(CO[C@H](C)Cn1cnc2c(N)ncnc21)OCOC(=O)C(C)(C)C. The molecule has 2 N–H and O–H groups in total. The molecule has 2 rings (SSSR count). The molecule has 2 heterocycles. The average Bonchev–Trinajstić information content (AvgIpc) is 3.15. The van der Waals surface area contributed by atoms with Crippen LogP contribution in [0, 0.1) is 5.41 Å². The lowest BCUT2D eigenvalue weighted by Crippen LogP contribution is -2.24. The maximum absolute atomic E-state index is 13.1. The Hall–Kier alpha value is -2.86. The number of aromatic nitrogens is 4. The molecule has 188 valence electrons. The zero-order valence-corrected chi connectivity index (χ0v) is 20.7. The van der Waals surface area contributed by atoms with Crippen LogP contribution >= 0.6 is 7.60 Å². The predicted octanol–water partition coefficient (Wildman–Crippen LogP) is 2.62. The zero-order chi connectivity index (χ0) is 25.5. The van der Waals surface area contributed by atoms with Gasteiger partial charge in [0.2, 0.25) is 13.6 Å². The van der Waals surface area contributed by atoms with Crippen molar-refractivity contribution in [2.45, 2.75) is 47.3 Å². The number of nitrogens with two attached hydrogens (primary N) is 1. The molecule has 0 saturated carbocycles. The first kappa shape index (κ1) is 27.4. The van der Waals surface area contributed by atoms with E-state index < -0.39 is 51.0 Å². The Kier molecular flexibility index (Phi) is 9.28. The van der Waals surface area contributed by atoms with Crippen LogP contribution in [0.2, 0.25) is 0 Å². The largest absolute Gasteiger partial charge is 0.438 e. The van der Waals surface area contributed by atoms with Crippen molar-refractivity contribution in [1.29, 1.82) is 0 Å². The number of imidazole rings is 1. The second-order valence-corrected chi connectivity index (χ2v) is 10.4. The third kappa shape index (κ3) is 7.87. The van der Waals surface area contributed by atoms with Gasteiger partial charge in [0, 0.05) is 5.57 Å². The highest BCUT2D eigenvalue weighted by atomic mass is 31.2. The number of ether oxygens (including phenoxy) is 3.